The molecule has 2 heterocycles. The number of pyridine rings is 1. The van der Waals surface area contributed by atoms with Gasteiger partial charge in [0.05, 0.1) is 52.4 Å². The zero-order valence-corrected chi connectivity index (χ0v) is 22.3. The number of ether oxygens (including phenoxy) is 2. The number of nitriles is 1. The van der Waals surface area contributed by atoms with Crippen LogP contribution >= 0.6 is 23.2 Å². The Labute approximate surface area is 222 Å². The molecular formula is C27H31Cl2N5O2. The molecule has 1 fully saturated rings. The molecule has 3 aromatic rings. The van der Waals surface area contributed by atoms with Gasteiger partial charge in [-0.2, -0.15) is 5.26 Å². The molecule has 7 nitrogen and oxygen atoms in total. The number of anilines is 3. The highest BCUT2D eigenvalue weighted by molar-refractivity contribution is 6.37. The average Bonchev–Trinajstić information content (AvgIpc) is 2.88. The summed E-state index contributed by atoms with van der Waals surface area (Å²) in [7, 11) is 5.37. The van der Waals surface area contributed by atoms with Crippen LogP contribution in [0.4, 0.5) is 17.1 Å². The van der Waals surface area contributed by atoms with Crippen molar-refractivity contribution in [3.05, 3.63) is 46.1 Å². The summed E-state index contributed by atoms with van der Waals surface area (Å²) in [6, 6.07) is 9.37. The number of rotatable bonds is 9. The molecule has 0 atom stereocenters. The van der Waals surface area contributed by atoms with E-state index in [1.807, 2.05) is 12.1 Å². The van der Waals surface area contributed by atoms with Gasteiger partial charge in [-0.3, -0.25) is 4.98 Å². The van der Waals surface area contributed by atoms with Crippen molar-refractivity contribution in [3.63, 3.8) is 0 Å². The molecular weight excluding hydrogens is 497 g/mol. The summed E-state index contributed by atoms with van der Waals surface area (Å²) in [5.41, 5.74) is 3.14. The molecule has 4 rings (SSSR count). The third-order valence-corrected chi connectivity index (χ3v) is 7.36. The van der Waals surface area contributed by atoms with E-state index in [4.69, 9.17) is 32.7 Å². The Morgan fingerprint density at radius 1 is 1.06 bits per heavy atom. The molecule has 0 spiro atoms. The molecule has 0 radical (unpaired) electrons. The van der Waals surface area contributed by atoms with Crippen LogP contribution in [0.1, 0.15) is 31.2 Å². The normalized spacial score (nSPS) is 14.4. The SMILES string of the molecule is COc1cc(Nc2c(C#N)cnc3cc(NCCCC4CCN(C)CC4)c(OC)cc23)c(Cl)cc1Cl. The Bertz CT molecular complexity index is 1270. The fraction of sp³-hybridized carbons (Fsp3) is 0.407. The first-order chi connectivity index (χ1) is 17.4. The molecule has 36 heavy (non-hydrogen) atoms. The zero-order chi connectivity index (χ0) is 25.7. The highest BCUT2D eigenvalue weighted by atomic mass is 35.5. The number of methoxy groups -OCH3 is 2. The van der Waals surface area contributed by atoms with E-state index in [9.17, 15) is 5.26 Å². The van der Waals surface area contributed by atoms with Crippen molar-refractivity contribution in [2.45, 2.75) is 25.7 Å². The van der Waals surface area contributed by atoms with Gasteiger partial charge in [0.25, 0.3) is 0 Å². The van der Waals surface area contributed by atoms with Crippen molar-refractivity contribution in [3.8, 4) is 17.6 Å². The van der Waals surface area contributed by atoms with Crippen molar-refractivity contribution in [2.24, 2.45) is 5.92 Å². The van der Waals surface area contributed by atoms with Gasteiger partial charge in [0.1, 0.15) is 17.6 Å². The molecule has 2 aromatic carbocycles. The van der Waals surface area contributed by atoms with E-state index in [0.29, 0.717) is 38.5 Å². The van der Waals surface area contributed by atoms with E-state index in [1.54, 1.807) is 25.4 Å². The Balaban J connectivity index is 1.57. The molecule has 0 saturated carbocycles. The average molecular weight is 528 g/mol. The molecule has 9 heteroatoms. The van der Waals surface area contributed by atoms with Crippen LogP contribution in [0.5, 0.6) is 11.5 Å². The molecule has 0 unspecified atom stereocenters. The fourth-order valence-corrected chi connectivity index (χ4v) is 5.13. The monoisotopic (exact) mass is 527 g/mol. The van der Waals surface area contributed by atoms with E-state index in [0.717, 1.165) is 35.5 Å². The maximum Gasteiger partial charge on any atom is 0.142 e. The van der Waals surface area contributed by atoms with Crippen molar-refractivity contribution in [2.75, 3.05) is 51.5 Å². The summed E-state index contributed by atoms with van der Waals surface area (Å²) in [5.74, 6) is 1.96. The molecule has 0 aliphatic carbocycles. The molecule has 0 amide bonds. The molecule has 1 saturated heterocycles. The van der Waals surface area contributed by atoms with Crippen LogP contribution < -0.4 is 20.1 Å². The van der Waals surface area contributed by atoms with E-state index in [-0.39, 0.29) is 0 Å². The number of hydrogen-bond donors (Lipinski definition) is 2. The number of halogens is 2. The summed E-state index contributed by atoms with van der Waals surface area (Å²) >= 11 is 12.6. The number of fused-ring (bicyclic) bond motifs is 1. The van der Waals surface area contributed by atoms with Gasteiger partial charge in [0, 0.05) is 24.2 Å². The van der Waals surface area contributed by atoms with Gasteiger partial charge in [0.15, 0.2) is 0 Å². The summed E-state index contributed by atoms with van der Waals surface area (Å²) in [5, 5.41) is 18.1. The minimum Gasteiger partial charge on any atom is -0.495 e. The summed E-state index contributed by atoms with van der Waals surface area (Å²) in [6.45, 7) is 3.24. The van der Waals surface area contributed by atoms with Gasteiger partial charge >= 0.3 is 0 Å². The minimum atomic E-state index is 0.383. The molecule has 0 bridgehead atoms. The molecule has 1 aromatic heterocycles. The number of nitrogens with one attached hydrogen (secondary N) is 2. The summed E-state index contributed by atoms with van der Waals surface area (Å²) < 4.78 is 11.0. The van der Waals surface area contributed by atoms with Gasteiger partial charge in [-0.15, -0.1) is 0 Å². The van der Waals surface area contributed by atoms with Crippen LogP contribution in [-0.4, -0.2) is 50.8 Å². The number of aromatic nitrogens is 1. The Hall–Kier alpha value is -2.92. The number of hydrogen-bond acceptors (Lipinski definition) is 7. The molecule has 190 valence electrons. The Kier molecular flexibility index (Phi) is 8.63. The lowest BCUT2D eigenvalue weighted by Gasteiger charge is -2.28. The maximum absolute atomic E-state index is 9.76. The Morgan fingerprint density at radius 3 is 2.50 bits per heavy atom. The van der Waals surface area contributed by atoms with Crippen LogP contribution in [0.15, 0.2) is 30.5 Å². The van der Waals surface area contributed by atoms with Crippen molar-refractivity contribution in [1.82, 2.24) is 9.88 Å². The first-order valence-electron chi connectivity index (χ1n) is 12.1. The number of benzene rings is 2. The van der Waals surface area contributed by atoms with E-state index < -0.39 is 0 Å². The highest BCUT2D eigenvalue weighted by Gasteiger charge is 2.18. The second kappa shape index (κ2) is 11.9. The number of nitrogens with zero attached hydrogens (tertiary/aromatic N) is 3. The lowest BCUT2D eigenvalue weighted by Crippen LogP contribution is -2.30. The molecule has 2 N–H and O–H groups in total. The molecule has 1 aliphatic rings. The predicted molar refractivity (Wildman–Crippen MR) is 147 cm³/mol. The van der Waals surface area contributed by atoms with Gasteiger partial charge in [0.2, 0.25) is 0 Å². The van der Waals surface area contributed by atoms with E-state index >= 15 is 0 Å². The van der Waals surface area contributed by atoms with Crippen molar-refractivity contribution >= 4 is 51.2 Å². The smallest absolute Gasteiger partial charge is 0.142 e. The quantitative estimate of drug-likeness (QED) is 0.299. The first kappa shape index (κ1) is 26.2. The number of likely N-dealkylation sites (tertiary alicyclic amines) is 1. The number of piperidine rings is 1. The minimum absolute atomic E-state index is 0.383. The van der Waals surface area contributed by atoms with E-state index in [2.05, 4.69) is 33.6 Å². The molecule has 1 aliphatic heterocycles. The second-order valence-electron chi connectivity index (χ2n) is 9.14. The van der Waals surface area contributed by atoms with Gasteiger partial charge in [-0.1, -0.05) is 23.2 Å². The van der Waals surface area contributed by atoms with Gasteiger partial charge in [-0.05, 0) is 69.9 Å². The maximum atomic E-state index is 9.76. The van der Waals surface area contributed by atoms with E-state index in [1.165, 1.54) is 39.5 Å². The fourth-order valence-electron chi connectivity index (χ4n) is 4.63. The van der Waals surface area contributed by atoms with Crippen LogP contribution in [0.2, 0.25) is 10.0 Å². The first-order valence-corrected chi connectivity index (χ1v) is 12.8. The standard InChI is InChI=1S/C27H31Cl2N5O2/c1-34-9-6-17(7-10-34)5-4-8-31-24-13-22-19(11-26(24)36-3)27(18(15-30)16-32-22)33-23-14-25(35-2)21(29)12-20(23)28/h11-14,16-17,31H,4-10H2,1-3H3,(H,32,33). The lowest BCUT2D eigenvalue weighted by molar-refractivity contribution is 0.211. The summed E-state index contributed by atoms with van der Waals surface area (Å²) in [6.07, 6.45) is 6.43. The van der Waals surface area contributed by atoms with Gasteiger partial charge in [-0.25, -0.2) is 0 Å². The van der Waals surface area contributed by atoms with Crippen molar-refractivity contribution in [1.29, 1.82) is 5.26 Å². The summed E-state index contributed by atoms with van der Waals surface area (Å²) in [4.78, 5) is 6.93. The second-order valence-corrected chi connectivity index (χ2v) is 9.95. The lowest BCUT2D eigenvalue weighted by atomic mass is 9.92. The van der Waals surface area contributed by atoms with Crippen LogP contribution in [-0.2, 0) is 0 Å². The van der Waals surface area contributed by atoms with Crippen molar-refractivity contribution < 1.29 is 9.47 Å². The largest absolute Gasteiger partial charge is 0.495 e. The van der Waals surface area contributed by atoms with Crippen LogP contribution in [0.3, 0.4) is 0 Å². The van der Waals surface area contributed by atoms with Crippen LogP contribution in [0.25, 0.3) is 10.9 Å². The topological polar surface area (TPSA) is 82.4 Å². The third-order valence-electron chi connectivity index (χ3n) is 6.75. The zero-order valence-electron chi connectivity index (χ0n) is 20.8. The van der Waals surface area contributed by atoms with Crippen LogP contribution in [0, 0.1) is 17.2 Å². The third kappa shape index (κ3) is 5.89. The van der Waals surface area contributed by atoms with Gasteiger partial charge < -0.3 is 25.0 Å². The predicted octanol–water partition coefficient (Wildman–Crippen LogP) is 6.71. The highest BCUT2D eigenvalue weighted by Crippen LogP contribution is 2.40. The Morgan fingerprint density at radius 2 is 1.81 bits per heavy atom.